The first-order valence-corrected chi connectivity index (χ1v) is 8.66. The quantitative estimate of drug-likeness (QED) is 0.792. The lowest BCUT2D eigenvalue weighted by Gasteiger charge is -2.05. The Hall–Kier alpha value is -1.26. The molecular formula is C17H23N3S. The molecule has 1 aromatic carbocycles. The molecule has 0 saturated heterocycles. The van der Waals surface area contributed by atoms with Crippen molar-refractivity contribution >= 4 is 11.3 Å². The standard InChI is InChI=1S/C17H23N3S/c1-12(2)18-10-6-9-16-19-20-17(21-16)15-11-14(15)13-7-4-3-5-8-13/h3-5,7-8,12,14-15,18H,6,9-11H2,1-2H3. The molecule has 0 amide bonds. The Kier molecular flexibility index (Phi) is 4.66. The van der Waals surface area contributed by atoms with Gasteiger partial charge >= 0.3 is 0 Å². The van der Waals surface area contributed by atoms with Crippen molar-refractivity contribution in [3.05, 3.63) is 45.9 Å². The van der Waals surface area contributed by atoms with Gasteiger partial charge in [-0.05, 0) is 30.9 Å². The van der Waals surface area contributed by atoms with Gasteiger partial charge < -0.3 is 5.32 Å². The van der Waals surface area contributed by atoms with Gasteiger partial charge in [0.15, 0.2) is 0 Å². The van der Waals surface area contributed by atoms with Crippen molar-refractivity contribution < 1.29 is 0 Å². The maximum Gasteiger partial charge on any atom is 0.121 e. The van der Waals surface area contributed by atoms with Crippen LogP contribution in [0.1, 0.15) is 54.1 Å². The van der Waals surface area contributed by atoms with E-state index in [4.69, 9.17) is 0 Å². The van der Waals surface area contributed by atoms with Crippen molar-refractivity contribution in [2.24, 2.45) is 0 Å². The number of aromatic nitrogens is 2. The van der Waals surface area contributed by atoms with Crippen molar-refractivity contribution in [2.45, 2.75) is 51.0 Å². The second-order valence-electron chi connectivity index (χ2n) is 6.11. The van der Waals surface area contributed by atoms with Crippen molar-refractivity contribution in [2.75, 3.05) is 6.54 Å². The van der Waals surface area contributed by atoms with Gasteiger partial charge in [-0.25, -0.2) is 0 Å². The molecule has 1 fully saturated rings. The van der Waals surface area contributed by atoms with E-state index in [1.807, 2.05) is 11.3 Å². The fourth-order valence-electron chi connectivity index (χ4n) is 2.68. The summed E-state index contributed by atoms with van der Waals surface area (Å²) in [6.45, 7) is 5.42. The number of hydrogen-bond donors (Lipinski definition) is 1. The highest BCUT2D eigenvalue weighted by atomic mass is 32.1. The Morgan fingerprint density at radius 3 is 2.76 bits per heavy atom. The lowest BCUT2D eigenvalue weighted by molar-refractivity contribution is 0.569. The zero-order valence-corrected chi connectivity index (χ0v) is 13.6. The van der Waals surface area contributed by atoms with Crippen LogP contribution in [-0.4, -0.2) is 22.8 Å². The molecule has 2 aromatic rings. The van der Waals surface area contributed by atoms with Gasteiger partial charge in [-0.1, -0.05) is 44.2 Å². The zero-order chi connectivity index (χ0) is 14.7. The Bertz CT molecular complexity index is 564. The Morgan fingerprint density at radius 1 is 1.19 bits per heavy atom. The molecule has 0 bridgehead atoms. The Balaban J connectivity index is 1.50. The van der Waals surface area contributed by atoms with E-state index in [2.05, 4.69) is 59.7 Å². The Morgan fingerprint density at radius 2 is 2.00 bits per heavy atom. The smallest absolute Gasteiger partial charge is 0.121 e. The first kappa shape index (κ1) is 14.7. The molecule has 21 heavy (non-hydrogen) atoms. The van der Waals surface area contributed by atoms with Crippen LogP contribution in [0, 0.1) is 0 Å². The molecule has 112 valence electrons. The summed E-state index contributed by atoms with van der Waals surface area (Å²) in [7, 11) is 0. The van der Waals surface area contributed by atoms with Gasteiger partial charge in [0.05, 0.1) is 0 Å². The topological polar surface area (TPSA) is 37.8 Å². The highest BCUT2D eigenvalue weighted by Gasteiger charge is 2.41. The number of aryl methyl sites for hydroxylation is 1. The van der Waals surface area contributed by atoms with Crippen LogP contribution in [0.5, 0.6) is 0 Å². The molecule has 1 saturated carbocycles. The van der Waals surface area contributed by atoms with Crippen LogP contribution in [0.3, 0.4) is 0 Å². The molecule has 2 unspecified atom stereocenters. The number of rotatable bonds is 7. The van der Waals surface area contributed by atoms with E-state index in [1.54, 1.807) is 0 Å². The molecule has 1 aromatic heterocycles. The third-order valence-corrected chi connectivity index (χ3v) is 5.05. The van der Waals surface area contributed by atoms with Gasteiger partial charge in [0.25, 0.3) is 0 Å². The van der Waals surface area contributed by atoms with Crippen molar-refractivity contribution in [3.8, 4) is 0 Å². The van der Waals surface area contributed by atoms with Crippen LogP contribution >= 0.6 is 11.3 Å². The number of nitrogens with one attached hydrogen (secondary N) is 1. The lowest BCUT2D eigenvalue weighted by Crippen LogP contribution is -2.23. The molecular weight excluding hydrogens is 278 g/mol. The molecule has 1 N–H and O–H groups in total. The normalized spacial score (nSPS) is 20.9. The van der Waals surface area contributed by atoms with Crippen LogP contribution in [-0.2, 0) is 6.42 Å². The monoisotopic (exact) mass is 301 g/mol. The third kappa shape index (κ3) is 3.89. The minimum Gasteiger partial charge on any atom is -0.315 e. The van der Waals surface area contributed by atoms with Gasteiger partial charge in [-0.3, -0.25) is 0 Å². The van der Waals surface area contributed by atoms with Crippen molar-refractivity contribution in [3.63, 3.8) is 0 Å². The fraction of sp³-hybridized carbons (Fsp3) is 0.529. The summed E-state index contributed by atoms with van der Waals surface area (Å²) in [5.74, 6) is 1.27. The average molecular weight is 301 g/mol. The van der Waals surface area contributed by atoms with E-state index in [1.165, 1.54) is 22.0 Å². The predicted molar refractivity (Wildman–Crippen MR) is 87.9 cm³/mol. The number of nitrogens with zero attached hydrogens (tertiary/aromatic N) is 2. The third-order valence-electron chi connectivity index (χ3n) is 3.94. The van der Waals surface area contributed by atoms with E-state index in [0.29, 0.717) is 17.9 Å². The molecule has 1 heterocycles. The summed E-state index contributed by atoms with van der Waals surface area (Å²) in [5.41, 5.74) is 1.44. The molecule has 3 nitrogen and oxygen atoms in total. The van der Waals surface area contributed by atoms with Gasteiger partial charge in [-0.15, -0.1) is 21.5 Å². The highest BCUT2D eigenvalue weighted by Crippen LogP contribution is 2.55. The fourth-order valence-corrected chi connectivity index (χ4v) is 3.75. The zero-order valence-electron chi connectivity index (χ0n) is 12.7. The minimum absolute atomic E-state index is 0.563. The first-order chi connectivity index (χ1) is 10.2. The maximum atomic E-state index is 4.42. The second kappa shape index (κ2) is 6.67. The van der Waals surface area contributed by atoms with Crippen LogP contribution in [0.2, 0.25) is 0 Å². The molecule has 2 atom stereocenters. The predicted octanol–water partition coefficient (Wildman–Crippen LogP) is 3.74. The van der Waals surface area contributed by atoms with E-state index in [-0.39, 0.29) is 0 Å². The van der Waals surface area contributed by atoms with Crippen molar-refractivity contribution in [1.29, 1.82) is 0 Å². The van der Waals surface area contributed by atoms with Gasteiger partial charge in [0.1, 0.15) is 10.0 Å². The van der Waals surface area contributed by atoms with Crippen molar-refractivity contribution in [1.82, 2.24) is 15.5 Å². The molecule has 0 spiro atoms. The average Bonchev–Trinajstić information content (AvgIpc) is 3.16. The summed E-state index contributed by atoms with van der Waals surface area (Å²) in [6.07, 6.45) is 3.41. The molecule has 4 heteroatoms. The number of benzene rings is 1. The number of hydrogen-bond acceptors (Lipinski definition) is 4. The molecule has 0 aliphatic heterocycles. The summed E-state index contributed by atoms with van der Waals surface area (Å²) >= 11 is 1.81. The SMILES string of the molecule is CC(C)NCCCc1nnc(C2CC2c2ccccc2)s1. The lowest BCUT2D eigenvalue weighted by atomic mass is 10.1. The molecule has 0 radical (unpaired) electrons. The van der Waals surface area contributed by atoms with E-state index < -0.39 is 0 Å². The molecule has 1 aliphatic carbocycles. The van der Waals surface area contributed by atoms with Gasteiger partial charge in [0.2, 0.25) is 0 Å². The summed E-state index contributed by atoms with van der Waals surface area (Å²) < 4.78 is 0. The van der Waals surface area contributed by atoms with E-state index >= 15 is 0 Å². The highest BCUT2D eigenvalue weighted by molar-refractivity contribution is 7.11. The van der Waals surface area contributed by atoms with Gasteiger partial charge in [-0.2, -0.15) is 0 Å². The summed E-state index contributed by atoms with van der Waals surface area (Å²) in [5, 5.41) is 14.6. The summed E-state index contributed by atoms with van der Waals surface area (Å²) in [4.78, 5) is 0. The second-order valence-corrected chi connectivity index (χ2v) is 7.20. The largest absolute Gasteiger partial charge is 0.315 e. The molecule has 3 rings (SSSR count). The van der Waals surface area contributed by atoms with E-state index in [9.17, 15) is 0 Å². The van der Waals surface area contributed by atoms with Crippen LogP contribution < -0.4 is 5.32 Å². The van der Waals surface area contributed by atoms with Gasteiger partial charge in [0, 0.05) is 18.4 Å². The van der Waals surface area contributed by atoms with Crippen LogP contribution in [0.25, 0.3) is 0 Å². The maximum absolute atomic E-state index is 4.42. The minimum atomic E-state index is 0.563. The van der Waals surface area contributed by atoms with E-state index in [0.717, 1.165) is 19.4 Å². The first-order valence-electron chi connectivity index (χ1n) is 7.84. The summed E-state index contributed by atoms with van der Waals surface area (Å²) in [6, 6.07) is 11.3. The Labute approximate surface area is 130 Å². The molecule has 1 aliphatic rings. The van der Waals surface area contributed by atoms with Crippen LogP contribution in [0.4, 0.5) is 0 Å². The van der Waals surface area contributed by atoms with Crippen LogP contribution in [0.15, 0.2) is 30.3 Å².